The van der Waals surface area contributed by atoms with Crippen LogP contribution >= 0.6 is 11.3 Å². The van der Waals surface area contributed by atoms with Crippen LogP contribution in [0.25, 0.3) is 0 Å². The highest BCUT2D eigenvalue weighted by Gasteiger charge is 2.30. The number of hydrogen-bond acceptors (Lipinski definition) is 4. The largest absolute Gasteiger partial charge is 0.496 e. The van der Waals surface area contributed by atoms with Gasteiger partial charge in [-0.1, -0.05) is 18.2 Å². The molecule has 1 aromatic heterocycles. The summed E-state index contributed by atoms with van der Waals surface area (Å²) in [6, 6.07) is 10.1. The summed E-state index contributed by atoms with van der Waals surface area (Å²) in [5, 5.41) is 3.86. The summed E-state index contributed by atoms with van der Waals surface area (Å²) in [7, 11) is 3.79. The summed E-state index contributed by atoms with van der Waals surface area (Å²) in [6.07, 6.45) is 0. The molecule has 3 rings (SSSR count). The van der Waals surface area contributed by atoms with Crippen LogP contribution in [-0.4, -0.2) is 49.5 Å². The first-order chi connectivity index (χ1) is 10.7. The molecule has 4 nitrogen and oxygen atoms in total. The van der Waals surface area contributed by atoms with Gasteiger partial charge in [-0.3, -0.25) is 9.69 Å². The SMILES string of the molecule is COc1ccccc1C1CN(C(=O)c2ccsc2)CCN1C. The number of hydrogen-bond donors (Lipinski definition) is 0. The smallest absolute Gasteiger partial charge is 0.254 e. The third kappa shape index (κ3) is 2.87. The number of amides is 1. The van der Waals surface area contributed by atoms with Crippen molar-refractivity contribution in [2.45, 2.75) is 6.04 Å². The highest BCUT2D eigenvalue weighted by atomic mass is 32.1. The fourth-order valence-corrected chi connectivity index (χ4v) is 3.53. The van der Waals surface area contributed by atoms with Gasteiger partial charge in [-0.25, -0.2) is 0 Å². The Balaban J connectivity index is 1.83. The minimum Gasteiger partial charge on any atom is -0.496 e. The summed E-state index contributed by atoms with van der Waals surface area (Å²) >= 11 is 1.56. The zero-order valence-corrected chi connectivity index (χ0v) is 13.7. The minimum absolute atomic E-state index is 0.120. The van der Waals surface area contributed by atoms with Gasteiger partial charge in [-0.05, 0) is 24.6 Å². The maximum absolute atomic E-state index is 12.6. The van der Waals surface area contributed by atoms with Gasteiger partial charge in [0.25, 0.3) is 5.91 Å². The van der Waals surface area contributed by atoms with Crippen LogP contribution in [0, 0.1) is 0 Å². The molecule has 1 saturated heterocycles. The van der Waals surface area contributed by atoms with E-state index in [0.29, 0.717) is 6.54 Å². The number of nitrogens with zero attached hydrogens (tertiary/aromatic N) is 2. The molecule has 1 unspecified atom stereocenters. The first-order valence-corrected chi connectivity index (χ1v) is 8.29. The molecule has 1 fully saturated rings. The molecule has 0 bridgehead atoms. The lowest BCUT2D eigenvalue weighted by molar-refractivity contribution is 0.0543. The number of carbonyl (C=O) groups is 1. The number of carbonyl (C=O) groups excluding carboxylic acids is 1. The molecule has 0 aliphatic carbocycles. The first-order valence-electron chi connectivity index (χ1n) is 7.35. The average Bonchev–Trinajstić information content (AvgIpc) is 3.09. The zero-order chi connectivity index (χ0) is 15.5. The van der Waals surface area contributed by atoms with Crippen molar-refractivity contribution in [3.63, 3.8) is 0 Å². The molecule has 1 amide bonds. The second kappa shape index (κ2) is 6.50. The van der Waals surface area contributed by atoms with Crippen LogP contribution in [0.4, 0.5) is 0 Å². The van der Waals surface area contributed by atoms with Gasteiger partial charge in [0.1, 0.15) is 5.75 Å². The van der Waals surface area contributed by atoms with E-state index >= 15 is 0 Å². The molecule has 0 radical (unpaired) electrons. The van der Waals surface area contributed by atoms with Gasteiger partial charge >= 0.3 is 0 Å². The summed E-state index contributed by atoms with van der Waals surface area (Å²) in [6.45, 7) is 2.31. The summed E-state index contributed by atoms with van der Waals surface area (Å²) < 4.78 is 5.49. The number of likely N-dealkylation sites (N-methyl/N-ethyl adjacent to an activating group) is 1. The summed E-state index contributed by atoms with van der Waals surface area (Å²) in [5.74, 6) is 0.999. The van der Waals surface area contributed by atoms with Crippen LogP contribution in [0.3, 0.4) is 0 Å². The Bertz CT molecular complexity index is 642. The Morgan fingerprint density at radius 1 is 1.27 bits per heavy atom. The van der Waals surface area contributed by atoms with Crippen molar-refractivity contribution < 1.29 is 9.53 Å². The Labute approximate surface area is 134 Å². The van der Waals surface area contributed by atoms with Crippen molar-refractivity contribution >= 4 is 17.2 Å². The molecule has 22 heavy (non-hydrogen) atoms. The molecule has 116 valence electrons. The van der Waals surface area contributed by atoms with Gasteiger partial charge < -0.3 is 9.64 Å². The Morgan fingerprint density at radius 3 is 2.82 bits per heavy atom. The zero-order valence-electron chi connectivity index (χ0n) is 12.9. The van der Waals surface area contributed by atoms with Crippen LogP contribution < -0.4 is 4.74 Å². The van der Waals surface area contributed by atoms with Gasteiger partial charge in [0.15, 0.2) is 0 Å². The van der Waals surface area contributed by atoms with Crippen LogP contribution in [0.15, 0.2) is 41.1 Å². The number of methoxy groups -OCH3 is 1. The molecule has 0 spiro atoms. The highest BCUT2D eigenvalue weighted by Crippen LogP contribution is 2.31. The van der Waals surface area contributed by atoms with E-state index in [-0.39, 0.29) is 11.9 Å². The molecule has 1 aromatic carbocycles. The monoisotopic (exact) mass is 316 g/mol. The van der Waals surface area contributed by atoms with Crippen LogP contribution in [0.1, 0.15) is 22.0 Å². The molecule has 2 aromatic rings. The van der Waals surface area contributed by atoms with Gasteiger partial charge in [0.05, 0.1) is 18.7 Å². The third-order valence-corrected chi connectivity index (χ3v) is 4.88. The second-order valence-corrected chi connectivity index (χ2v) is 6.28. The number of para-hydroxylation sites is 1. The van der Waals surface area contributed by atoms with Gasteiger partial charge in [-0.2, -0.15) is 11.3 Å². The molecule has 5 heteroatoms. The van der Waals surface area contributed by atoms with E-state index in [9.17, 15) is 4.79 Å². The maximum Gasteiger partial charge on any atom is 0.254 e. The number of thiophene rings is 1. The molecule has 1 aliphatic rings. The van der Waals surface area contributed by atoms with Crippen LogP contribution in [0.5, 0.6) is 5.75 Å². The number of ether oxygens (including phenoxy) is 1. The second-order valence-electron chi connectivity index (χ2n) is 5.50. The fraction of sp³-hybridized carbons (Fsp3) is 0.353. The normalized spacial score (nSPS) is 19.2. The molecule has 0 N–H and O–H groups in total. The Morgan fingerprint density at radius 2 is 2.09 bits per heavy atom. The predicted octanol–water partition coefficient (Wildman–Crippen LogP) is 2.89. The van der Waals surface area contributed by atoms with E-state index in [4.69, 9.17) is 4.74 Å². The number of rotatable bonds is 3. The fourth-order valence-electron chi connectivity index (χ4n) is 2.90. The molecule has 2 heterocycles. The molecular formula is C17H20N2O2S. The van der Waals surface area contributed by atoms with Gasteiger partial charge in [-0.15, -0.1) is 0 Å². The molecule has 0 saturated carbocycles. The van der Waals surface area contributed by atoms with Crippen molar-refractivity contribution in [1.82, 2.24) is 9.80 Å². The number of benzene rings is 1. The standard InChI is InChI=1S/C17H20N2O2S/c1-18-8-9-19(17(20)13-7-10-22-12-13)11-15(18)14-5-3-4-6-16(14)21-2/h3-7,10,12,15H,8-9,11H2,1-2H3. The maximum atomic E-state index is 12.6. The van der Waals surface area contributed by atoms with Crippen molar-refractivity contribution in [3.8, 4) is 5.75 Å². The lowest BCUT2D eigenvalue weighted by Gasteiger charge is -2.40. The van der Waals surface area contributed by atoms with Crippen molar-refractivity contribution in [2.75, 3.05) is 33.8 Å². The topological polar surface area (TPSA) is 32.8 Å². The Kier molecular flexibility index (Phi) is 4.45. The predicted molar refractivity (Wildman–Crippen MR) is 88.6 cm³/mol. The van der Waals surface area contributed by atoms with Crippen molar-refractivity contribution in [3.05, 3.63) is 52.2 Å². The first kappa shape index (κ1) is 15.1. The quantitative estimate of drug-likeness (QED) is 0.873. The summed E-state index contributed by atoms with van der Waals surface area (Å²) in [5.41, 5.74) is 1.92. The van der Waals surface area contributed by atoms with Crippen LogP contribution in [-0.2, 0) is 0 Å². The van der Waals surface area contributed by atoms with E-state index in [1.54, 1.807) is 18.4 Å². The van der Waals surface area contributed by atoms with Gasteiger partial charge in [0, 0.05) is 30.6 Å². The lowest BCUT2D eigenvalue weighted by atomic mass is 10.0. The van der Waals surface area contributed by atoms with Gasteiger partial charge in [0.2, 0.25) is 0 Å². The summed E-state index contributed by atoms with van der Waals surface area (Å²) in [4.78, 5) is 16.8. The molecular weight excluding hydrogens is 296 g/mol. The Hall–Kier alpha value is -1.85. The molecule has 1 atom stereocenters. The van der Waals surface area contributed by atoms with E-state index in [0.717, 1.165) is 30.0 Å². The van der Waals surface area contributed by atoms with E-state index < -0.39 is 0 Å². The third-order valence-electron chi connectivity index (χ3n) is 4.20. The van der Waals surface area contributed by atoms with E-state index in [1.807, 2.05) is 39.9 Å². The minimum atomic E-state index is 0.120. The highest BCUT2D eigenvalue weighted by molar-refractivity contribution is 7.08. The van der Waals surface area contributed by atoms with Crippen LogP contribution in [0.2, 0.25) is 0 Å². The number of piperazine rings is 1. The van der Waals surface area contributed by atoms with Crippen molar-refractivity contribution in [2.24, 2.45) is 0 Å². The molecule has 1 aliphatic heterocycles. The van der Waals surface area contributed by atoms with Crippen molar-refractivity contribution in [1.29, 1.82) is 0 Å². The van der Waals surface area contributed by atoms with E-state index in [2.05, 4.69) is 18.0 Å². The van der Waals surface area contributed by atoms with E-state index in [1.165, 1.54) is 0 Å². The average molecular weight is 316 g/mol. The lowest BCUT2D eigenvalue weighted by Crippen LogP contribution is -2.49.